The Kier molecular flexibility index (Phi) is 5.37. The maximum Gasteiger partial charge on any atom is 0.257 e. The standard InChI is InChI=1S/C21H27N3O/c1-15(2)19-9-7-8-16(3)20(19)23-21(25)17-12-18(14-22-13-17)24-10-5-4-6-11-24/h7-9,12-15H,4-6,10-11H2,1-3H3,(H,23,25). The van der Waals surface area contributed by atoms with Crippen molar-refractivity contribution in [2.24, 2.45) is 0 Å². The number of hydrogen-bond acceptors (Lipinski definition) is 3. The summed E-state index contributed by atoms with van der Waals surface area (Å²) >= 11 is 0. The number of hydrogen-bond donors (Lipinski definition) is 1. The predicted molar refractivity (Wildman–Crippen MR) is 104 cm³/mol. The van der Waals surface area contributed by atoms with Crippen LogP contribution in [0.3, 0.4) is 0 Å². The van der Waals surface area contributed by atoms with Crippen LogP contribution in [0.4, 0.5) is 11.4 Å². The number of carbonyl (C=O) groups excluding carboxylic acids is 1. The van der Waals surface area contributed by atoms with Crippen molar-refractivity contribution in [3.63, 3.8) is 0 Å². The van der Waals surface area contributed by atoms with Gasteiger partial charge in [0.05, 0.1) is 17.4 Å². The van der Waals surface area contributed by atoms with Gasteiger partial charge >= 0.3 is 0 Å². The van der Waals surface area contributed by atoms with Crippen molar-refractivity contribution in [1.82, 2.24) is 4.98 Å². The number of rotatable bonds is 4. The molecule has 25 heavy (non-hydrogen) atoms. The Morgan fingerprint density at radius 2 is 1.92 bits per heavy atom. The summed E-state index contributed by atoms with van der Waals surface area (Å²) in [4.78, 5) is 19.4. The lowest BCUT2D eigenvalue weighted by Gasteiger charge is -2.28. The topological polar surface area (TPSA) is 45.2 Å². The van der Waals surface area contributed by atoms with Gasteiger partial charge in [0.1, 0.15) is 0 Å². The van der Waals surface area contributed by atoms with Gasteiger partial charge in [-0.2, -0.15) is 0 Å². The third kappa shape index (κ3) is 4.01. The lowest BCUT2D eigenvalue weighted by atomic mass is 9.98. The second-order valence-corrected chi connectivity index (χ2v) is 7.13. The first-order valence-electron chi connectivity index (χ1n) is 9.17. The van der Waals surface area contributed by atoms with Gasteiger partial charge in [-0.1, -0.05) is 32.0 Å². The molecule has 4 heteroatoms. The van der Waals surface area contributed by atoms with Crippen LogP contribution in [-0.2, 0) is 0 Å². The molecule has 1 aromatic heterocycles. The SMILES string of the molecule is Cc1cccc(C(C)C)c1NC(=O)c1cncc(N2CCCCC2)c1. The number of para-hydroxylation sites is 1. The molecule has 1 N–H and O–H groups in total. The van der Waals surface area contributed by atoms with E-state index in [9.17, 15) is 4.79 Å². The number of piperidine rings is 1. The van der Waals surface area contributed by atoms with Gasteiger partial charge in [0.25, 0.3) is 5.91 Å². The lowest BCUT2D eigenvalue weighted by Crippen LogP contribution is -2.29. The summed E-state index contributed by atoms with van der Waals surface area (Å²) in [5, 5.41) is 3.11. The lowest BCUT2D eigenvalue weighted by molar-refractivity contribution is 0.102. The van der Waals surface area contributed by atoms with Crippen LogP contribution >= 0.6 is 0 Å². The van der Waals surface area contributed by atoms with E-state index in [0.717, 1.165) is 35.6 Å². The number of benzene rings is 1. The van der Waals surface area contributed by atoms with Crippen molar-refractivity contribution in [2.75, 3.05) is 23.3 Å². The van der Waals surface area contributed by atoms with Gasteiger partial charge in [-0.05, 0) is 49.3 Å². The molecule has 0 spiro atoms. The molecule has 4 nitrogen and oxygen atoms in total. The van der Waals surface area contributed by atoms with Crippen molar-refractivity contribution >= 4 is 17.3 Å². The maximum atomic E-state index is 12.8. The molecule has 1 fully saturated rings. The normalized spacial score (nSPS) is 14.6. The Morgan fingerprint density at radius 3 is 2.64 bits per heavy atom. The number of pyridine rings is 1. The van der Waals surface area contributed by atoms with E-state index >= 15 is 0 Å². The van der Waals surface area contributed by atoms with Crippen LogP contribution < -0.4 is 10.2 Å². The molecule has 0 saturated carbocycles. The van der Waals surface area contributed by atoms with Crippen molar-refractivity contribution in [1.29, 1.82) is 0 Å². The van der Waals surface area contributed by atoms with Crippen LogP contribution in [0.2, 0.25) is 0 Å². The monoisotopic (exact) mass is 337 g/mol. The van der Waals surface area contributed by atoms with E-state index < -0.39 is 0 Å². The molecule has 1 aromatic carbocycles. The largest absolute Gasteiger partial charge is 0.370 e. The van der Waals surface area contributed by atoms with Crippen LogP contribution in [0.15, 0.2) is 36.7 Å². The average Bonchev–Trinajstić information content (AvgIpc) is 2.64. The molecule has 3 rings (SSSR count). The molecule has 1 aliphatic heterocycles. The number of nitrogens with zero attached hydrogens (tertiary/aromatic N) is 2. The molecular weight excluding hydrogens is 310 g/mol. The second kappa shape index (κ2) is 7.68. The highest BCUT2D eigenvalue weighted by molar-refractivity contribution is 6.05. The van der Waals surface area contributed by atoms with E-state index in [1.807, 2.05) is 31.3 Å². The summed E-state index contributed by atoms with van der Waals surface area (Å²) in [6.45, 7) is 8.40. The average molecular weight is 337 g/mol. The third-order valence-corrected chi connectivity index (χ3v) is 4.87. The van der Waals surface area contributed by atoms with Crippen molar-refractivity contribution < 1.29 is 4.79 Å². The summed E-state index contributed by atoms with van der Waals surface area (Å²) in [7, 11) is 0. The Balaban J connectivity index is 1.82. The molecule has 2 heterocycles. The summed E-state index contributed by atoms with van der Waals surface area (Å²) in [6, 6.07) is 8.11. The first-order chi connectivity index (χ1) is 12.1. The number of amides is 1. The van der Waals surface area contributed by atoms with Crippen LogP contribution in [0.1, 0.15) is 60.5 Å². The van der Waals surface area contributed by atoms with Crippen LogP contribution in [-0.4, -0.2) is 24.0 Å². The quantitative estimate of drug-likeness (QED) is 0.875. The highest BCUT2D eigenvalue weighted by Gasteiger charge is 2.16. The molecule has 0 unspecified atom stereocenters. The van der Waals surface area contributed by atoms with Crippen molar-refractivity contribution in [3.05, 3.63) is 53.3 Å². The van der Waals surface area contributed by atoms with Gasteiger partial charge in [-0.25, -0.2) is 0 Å². The smallest absolute Gasteiger partial charge is 0.257 e. The van der Waals surface area contributed by atoms with E-state index in [2.05, 4.69) is 35.1 Å². The highest BCUT2D eigenvalue weighted by Crippen LogP contribution is 2.28. The molecule has 0 radical (unpaired) electrons. The number of aromatic nitrogens is 1. The number of anilines is 2. The van der Waals surface area contributed by atoms with Gasteiger partial charge in [-0.3, -0.25) is 9.78 Å². The van der Waals surface area contributed by atoms with Gasteiger partial charge in [0.2, 0.25) is 0 Å². The zero-order chi connectivity index (χ0) is 17.8. The minimum absolute atomic E-state index is 0.0949. The maximum absolute atomic E-state index is 12.8. The van der Waals surface area contributed by atoms with Crippen molar-refractivity contribution in [3.8, 4) is 0 Å². The zero-order valence-corrected chi connectivity index (χ0v) is 15.4. The van der Waals surface area contributed by atoms with Gasteiger partial charge in [0, 0.05) is 25.0 Å². The summed E-state index contributed by atoms with van der Waals surface area (Å²) < 4.78 is 0. The summed E-state index contributed by atoms with van der Waals surface area (Å²) in [6.07, 6.45) is 7.20. The van der Waals surface area contributed by atoms with E-state index in [1.54, 1.807) is 6.20 Å². The Labute approximate surface area is 150 Å². The molecule has 132 valence electrons. The van der Waals surface area contributed by atoms with Crippen LogP contribution in [0.25, 0.3) is 0 Å². The Bertz CT molecular complexity index is 749. The van der Waals surface area contributed by atoms with Crippen LogP contribution in [0, 0.1) is 6.92 Å². The third-order valence-electron chi connectivity index (χ3n) is 4.87. The Morgan fingerprint density at radius 1 is 1.16 bits per heavy atom. The number of carbonyl (C=O) groups is 1. The number of nitrogens with one attached hydrogen (secondary N) is 1. The fourth-order valence-corrected chi connectivity index (χ4v) is 3.41. The van der Waals surface area contributed by atoms with Gasteiger partial charge in [0.15, 0.2) is 0 Å². The summed E-state index contributed by atoms with van der Waals surface area (Å²) in [5.74, 6) is 0.260. The minimum atomic E-state index is -0.0949. The van der Waals surface area contributed by atoms with Gasteiger partial charge in [-0.15, -0.1) is 0 Å². The molecule has 0 aliphatic carbocycles. The molecule has 0 bridgehead atoms. The molecule has 1 aliphatic rings. The molecule has 1 amide bonds. The first kappa shape index (κ1) is 17.5. The predicted octanol–water partition coefficient (Wildman–Crippen LogP) is 4.76. The van der Waals surface area contributed by atoms with Crippen LogP contribution in [0.5, 0.6) is 0 Å². The second-order valence-electron chi connectivity index (χ2n) is 7.13. The fraction of sp³-hybridized carbons (Fsp3) is 0.429. The zero-order valence-electron chi connectivity index (χ0n) is 15.4. The summed E-state index contributed by atoms with van der Waals surface area (Å²) in [5.41, 5.74) is 4.82. The molecule has 1 saturated heterocycles. The number of aryl methyl sites for hydroxylation is 1. The van der Waals surface area contributed by atoms with E-state index in [0.29, 0.717) is 11.5 Å². The minimum Gasteiger partial charge on any atom is -0.370 e. The van der Waals surface area contributed by atoms with E-state index in [4.69, 9.17) is 0 Å². The Hall–Kier alpha value is -2.36. The van der Waals surface area contributed by atoms with E-state index in [1.165, 1.54) is 19.3 Å². The molecule has 0 atom stereocenters. The van der Waals surface area contributed by atoms with Crippen molar-refractivity contribution in [2.45, 2.75) is 46.0 Å². The van der Waals surface area contributed by atoms with Gasteiger partial charge < -0.3 is 10.2 Å². The molecular formula is C21H27N3O. The highest BCUT2D eigenvalue weighted by atomic mass is 16.1. The fourth-order valence-electron chi connectivity index (χ4n) is 3.41. The first-order valence-corrected chi connectivity index (χ1v) is 9.17. The molecule has 2 aromatic rings. The van der Waals surface area contributed by atoms with E-state index in [-0.39, 0.29) is 5.91 Å².